The fourth-order valence-corrected chi connectivity index (χ4v) is 4.73. The first-order valence-corrected chi connectivity index (χ1v) is 18.2. The van der Waals surface area contributed by atoms with E-state index in [1.807, 2.05) is 0 Å². The summed E-state index contributed by atoms with van der Waals surface area (Å²) in [6, 6.07) is 10.1. The molecule has 0 bridgehead atoms. The zero-order valence-electron chi connectivity index (χ0n) is 31.1. The second-order valence-corrected chi connectivity index (χ2v) is 11.8. The molecule has 0 aliphatic heterocycles. The predicted molar refractivity (Wildman–Crippen MR) is 208 cm³/mol. The van der Waals surface area contributed by atoms with Crippen molar-refractivity contribution >= 4 is 29.4 Å². The van der Waals surface area contributed by atoms with Gasteiger partial charge in [0.05, 0.1) is 37.6 Å². The maximum atomic E-state index is 14.2. The van der Waals surface area contributed by atoms with E-state index in [0.29, 0.717) is 125 Å². The summed E-state index contributed by atoms with van der Waals surface area (Å²) in [7, 11) is 0. The number of carbonyl (C=O) groups excluding carboxylic acids is 5. The molecule has 13 heteroatoms. The van der Waals surface area contributed by atoms with Crippen LogP contribution in [0.15, 0.2) is 87.0 Å². The molecule has 13 nitrogen and oxygen atoms in total. The van der Waals surface area contributed by atoms with Gasteiger partial charge in [-0.25, -0.2) is 0 Å². The standard InChI is InChI=1S/C41H54N4O9/c1-5-37(46)42-21-9-13-25-51-31-17-19-33(35(29-31)53-27-15-11-23-44-39(48)7-3)41(50)34-20-18-32(52-26-14-10-22-43-38(47)6-2)30-36(34)54-28-16-12-24-45-40(49)8-4/h5-8,17-20,29-30H,1-4,9-16,21-28H2,(H,42,46)(H,43,47)(H,44,48)(H,45,49). The summed E-state index contributed by atoms with van der Waals surface area (Å²) in [5.41, 5.74) is 0.614. The largest absolute Gasteiger partial charge is 0.493 e. The second-order valence-electron chi connectivity index (χ2n) is 11.8. The number of benzene rings is 2. The Hall–Kier alpha value is -5.85. The number of ketones is 1. The van der Waals surface area contributed by atoms with Gasteiger partial charge in [-0.05, 0) is 99.9 Å². The van der Waals surface area contributed by atoms with Crippen molar-refractivity contribution in [1.82, 2.24) is 21.3 Å². The molecular weight excluding hydrogens is 692 g/mol. The van der Waals surface area contributed by atoms with Crippen molar-refractivity contribution in [1.29, 1.82) is 0 Å². The molecular formula is C41H54N4O9. The molecule has 0 aliphatic rings. The summed E-state index contributed by atoms with van der Waals surface area (Å²) in [6.07, 6.45) is 10.2. The normalized spacial score (nSPS) is 10.2. The van der Waals surface area contributed by atoms with Gasteiger partial charge in [0, 0.05) is 38.3 Å². The van der Waals surface area contributed by atoms with Crippen molar-refractivity contribution in [3.8, 4) is 23.0 Å². The smallest absolute Gasteiger partial charge is 0.243 e. The maximum absolute atomic E-state index is 14.2. The summed E-state index contributed by atoms with van der Waals surface area (Å²) >= 11 is 0. The first-order chi connectivity index (χ1) is 26.2. The zero-order valence-corrected chi connectivity index (χ0v) is 31.1. The van der Waals surface area contributed by atoms with Crippen molar-refractivity contribution in [2.24, 2.45) is 0 Å². The zero-order chi connectivity index (χ0) is 39.4. The Balaban J connectivity index is 2.22. The Morgan fingerprint density at radius 2 is 0.741 bits per heavy atom. The van der Waals surface area contributed by atoms with E-state index in [9.17, 15) is 24.0 Å². The van der Waals surface area contributed by atoms with Gasteiger partial charge in [0.2, 0.25) is 23.6 Å². The van der Waals surface area contributed by atoms with Gasteiger partial charge in [-0.1, -0.05) is 26.3 Å². The molecule has 0 saturated heterocycles. The Morgan fingerprint density at radius 1 is 0.444 bits per heavy atom. The van der Waals surface area contributed by atoms with Crippen molar-refractivity contribution in [2.75, 3.05) is 52.6 Å². The first kappa shape index (κ1) is 44.3. The average Bonchev–Trinajstić information content (AvgIpc) is 3.19. The summed E-state index contributed by atoms with van der Waals surface area (Å²) in [6.45, 7) is 17.0. The van der Waals surface area contributed by atoms with Crippen molar-refractivity contribution in [3.05, 3.63) is 98.1 Å². The number of rotatable bonds is 30. The predicted octanol–water partition coefficient (Wildman–Crippen LogP) is 4.76. The number of hydrogen-bond donors (Lipinski definition) is 4. The van der Waals surface area contributed by atoms with Crippen molar-refractivity contribution < 1.29 is 42.9 Å². The van der Waals surface area contributed by atoms with E-state index in [1.54, 1.807) is 36.4 Å². The lowest BCUT2D eigenvalue weighted by Gasteiger charge is -2.16. The SMILES string of the molecule is C=CC(=O)NCCCCOc1ccc(C(=O)c2ccc(OCCCCNC(=O)C=C)cc2OCCCCNC(=O)C=C)c(OCCCCNC(=O)C=C)c1. The molecule has 0 atom stereocenters. The van der Waals surface area contributed by atoms with Crippen LogP contribution >= 0.6 is 0 Å². The van der Waals surface area contributed by atoms with Gasteiger partial charge in [-0.2, -0.15) is 0 Å². The number of amides is 4. The van der Waals surface area contributed by atoms with Crippen molar-refractivity contribution in [3.63, 3.8) is 0 Å². The lowest BCUT2D eigenvalue weighted by molar-refractivity contribution is -0.117. The van der Waals surface area contributed by atoms with E-state index in [0.717, 1.165) is 0 Å². The Bertz CT molecular complexity index is 1460. The molecule has 2 aromatic rings. The first-order valence-electron chi connectivity index (χ1n) is 18.2. The van der Waals surface area contributed by atoms with Gasteiger partial charge in [-0.15, -0.1) is 0 Å². The van der Waals surface area contributed by atoms with Gasteiger partial charge in [0.25, 0.3) is 0 Å². The second kappa shape index (κ2) is 26.9. The Labute approximate surface area is 318 Å². The van der Waals surface area contributed by atoms with Gasteiger partial charge >= 0.3 is 0 Å². The number of hydrogen-bond acceptors (Lipinski definition) is 9. The van der Waals surface area contributed by atoms with E-state index < -0.39 is 0 Å². The minimum absolute atomic E-state index is 0.228. The topological polar surface area (TPSA) is 170 Å². The number of nitrogens with one attached hydrogen (secondary N) is 4. The monoisotopic (exact) mass is 746 g/mol. The summed E-state index contributed by atoms with van der Waals surface area (Å²) in [5, 5.41) is 10.9. The van der Waals surface area contributed by atoms with Gasteiger partial charge in [0.1, 0.15) is 23.0 Å². The molecule has 54 heavy (non-hydrogen) atoms. The van der Waals surface area contributed by atoms with Crippen molar-refractivity contribution in [2.45, 2.75) is 51.4 Å². The van der Waals surface area contributed by atoms with Crippen LogP contribution in [0.3, 0.4) is 0 Å². The molecule has 2 aromatic carbocycles. The summed E-state index contributed by atoms with van der Waals surface area (Å²) in [5.74, 6) is 0.413. The minimum atomic E-state index is -0.328. The van der Waals surface area contributed by atoms with Crippen LogP contribution in [0.1, 0.15) is 67.3 Å². The number of carbonyl (C=O) groups is 5. The highest BCUT2D eigenvalue weighted by Gasteiger charge is 2.21. The lowest BCUT2D eigenvalue weighted by Crippen LogP contribution is -2.22. The summed E-state index contributed by atoms with van der Waals surface area (Å²) < 4.78 is 24.2. The van der Waals surface area contributed by atoms with Crippen LogP contribution in [0.5, 0.6) is 23.0 Å². The van der Waals surface area contributed by atoms with Gasteiger partial charge in [0.15, 0.2) is 5.78 Å². The van der Waals surface area contributed by atoms with E-state index in [-0.39, 0.29) is 42.6 Å². The fourth-order valence-electron chi connectivity index (χ4n) is 4.73. The third-order valence-electron chi connectivity index (χ3n) is 7.67. The van der Waals surface area contributed by atoms with Gasteiger partial charge in [-0.3, -0.25) is 24.0 Å². The average molecular weight is 747 g/mol. The molecule has 0 saturated carbocycles. The third-order valence-corrected chi connectivity index (χ3v) is 7.67. The van der Waals surface area contributed by atoms with E-state index >= 15 is 0 Å². The van der Waals surface area contributed by atoms with Gasteiger partial charge < -0.3 is 40.2 Å². The molecule has 4 amide bonds. The quantitative estimate of drug-likeness (QED) is 0.0500. The number of unbranched alkanes of at least 4 members (excludes halogenated alkanes) is 4. The molecule has 292 valence electrons. The highest BCUT2D eigenvalue weighted by Crippen LogP contribution is 2.32. The Kier molecular flexibility index (Phi) is 22.0. The fraction of sp³-hybridized carbons (Fsp3) is 0.390. The Morgan fingerprint density at radius 3 is 1.04 bits per heavy atom. The van der Waals surface area contributed by atoms with Crippen LogP contribution in [0.25, 0.3) is 0 Å². The van der Waals surface area contributed by atoms with Crippen LogP contribution in [0.4, 0.5) is 0 Å². The molecule has 0 spiro atoms. The van der Waals surface area contributed by atoms with Crippen LogP contribution in [0, 0.1) is 0 Å². The molecule has 0 radical (unpaired) electrons. The highest BCUT2D eigenvalue weighted by molar-refractivity contribution is 6.12. The molecule has 4 N–H and O–H groups in total. The lowest BCUT2D eigenvalue weighted by atomic mass is 10.0. The molecule has 0 fully saturated rings. The van der Waals surface area contributed by atoms with E-state index in [2.05, 4.69) is 47.6 Å². The molecule has 2 rings (SSSR count). The minimum Gasteiger partial charge on any atom is -0.493 e. The van der Waals surface area contributed by atoms with E-state index in [1.165, 1.54) is 24.3 Å². The molecule has 0 aromatic heterocycles. The van der Waals surface area contributed by atoms with Crippen LogP contribution < -0.4 is 40.2 Å². The molecule has 0 aliphatic carbocycles. The number of ether oxygens (including phenoxy) is 4. The summed E-state index contributed by atoms with van der Waals surface area (Å²) in [4.78, 5) is 59.9. The van der Waals surface area contributed by atoms with E-state index in [4.69, 9.17) is 18.9 Å². The molecule has 0 heterocycles. The highest BCUT2D eigenvalue weighted by atomic mass is 16.5. The third kappa shape index (κ3) is 18.1. The maximum Gasteiger partial charge on any atom is 0.243 e. The molecule has 0 unspecified atom stereocenters. The van der Waals surface area contributed by atoms with Crippen LogP contribution in [-0.2, 0) is 19.2 Å². The van der Waals surface area contributed by atoms with Crippen LogP contribution in [-0.4, -0.2) is 82.0 Å². The van der Waals surface area contributed by atoms with Crippen LogP contribution in [0.2, 0.25) is 0 Å².